The van der Waals surface area contributed by atoms with Gasteiger partial charge in [-0.05, 0) is 116 Å². The SMILES string of the molecule is c1ccc(C2NC(c3ccccc3)NC(C3CCC4C(C3)OC3CC(C5CCCC6c7ccccc7N(c7ccccc7)C65)CCC34)N2)cc1. The first-order chi connectivity index (χ1) is 24.8. The largest absolute Gasteiger partial charge is 0.374 e. The summed E-state index contributed by atoms with van der Waals surface area (Å²) in [5, 5.41) is 11.8. The molecule has 5 heteroatoms. The van der Waals surface area contributed by atoms with Crippen molar-refractivity contribution in [1.82, 2.24) is 16.0 Å². The summed E-state index contributed by atoms with van der Waals surface area (Å²) < 4.78 is 7.23. The van der Waals surface area contributed by atoms with Gasteiger partial charge >= 0.3 is 0 Å². The molecule has 258 valence electrons. The quantitative estimate of drug-likeness (QED) is 0.199. The maximum absolute atomic E-state index is 7.23. The van der Waals surface area contributed by atoms with E-state index < -0.39 is 0 Å². The third-order valence-corrected chi connectivity index (χ3v) is 13.9. The van der Waals surface area contributed by atoms with E-state index in [0.717, 1.165) is 24.2 Å². The first-order valence-electron chi connectivity index (χ1n) is 19.8. The van der Waals surface area contributed by atoms with Crippen molar-refractivity contribution < 1.29 is 4.74 Å². The summed E-state index contributed by atoms with van der Waals surface area (Å²) in [5.41, 5.74) is 6.99. The lowest BCUT2D eigenvalue weighted by Gasteiger charge is -2.46. The molecule has 5 nitrogen and oxygen atoms in total. The van der Waals surface area contributed by atoms with Gasteiger partial charge in [-0.3, -0.25) is 16.0 Å². The van der Waals surface area contributed by atoms with Crippen LogP contribution in [0.1, 0.15) is 92.7 Å². The molecule has 11 atom stereocenters. The fourth-order valence-corrected chi connectivity index (χ4v) is 11.7. The molecule has 0 bridgehead atoms. The molecule has 3 saturated carbocycles. The van der Waals surface area contributed by atoms with Gasteiger partial charge < -0.3 is 9.64 Å². The zero-order chi connectivity index (χ0) is 33.0. The van der Waals surface area contributed by atoms with Gasteiger partial charge in [-0.1, -0.05) is 103 Å². The molecule has 0 aromatic heterocycles. The van der Waals surface area contributed by atoms with E-state index in [9.17, 15) is 0 Å². The molecule has 3 N–H and O–H groups in total. The highest BCUT2D eigenvalue weighted by molar-refractivity contribution is 5.73. The van der Waals surface area contributed by atoms with Crippen LogP contribution in [-0.2, 0) is 4.74 Å². The zero-order valence-corrected chi connectivity index (χ0v) is 29.1. The highest BCUT2D eigenvalue weighted by Gasteiger charge is 2.54. The van der Waals surface area contributed by atoms with E-state index in [-0.39, 0.29) is 18.5 Å². The Morgan fingerprint density at radius 2 is 1.10 bits per heavy atom. The Balaban J connectivity index is 0.857. The monoisotopic (exact) mass is 664 g/mol. The van der Waals surface area contributed by atoms with Gasteiger partial charge in [0.25, 0.3) is 0 Å². The molecule has 0 amide bonds. The third kappa shape index (κ3) is 5.53. The summed E-state index contributed by atoms with van der Waals surface area (Å²) in [6, 6.07) is 42.9. The minimum absolute atomic E-state index is 0.106. The lowest BCUT2D eigenvalue weighted by atomic mass is 9.63. The molecule has 6 aliphatic rings. The second-order valence-corrected chi connectivity index (χ2v) is 16.3. The first kappa shape index (κ1) is 31.3. The second kappa shape index (κ2) is 13.2. The van der Waals surface area contributed by atoms with Crippen LogP contribution in [0.3, 0.4) is 0 Å². The minimum atomic E-state index is 0.106. The number of hydrogen-bond acceptors (Lipinski definition) is 5. The molecule has 5 fully saturated rings. The predicted octanol–water partition coefficient (Wildman–Crippen LogP) is 9.20. The zero-order valence-electron chi connectivity index (χ0n) is 29.1. The molecular weight excluding hydrogens is 613 g/mol. The lowest BCUT2D eigenvalue weighted by molar-refractivity contribution is -0.0292. The van der Waals surface area contributed by atoms with Crippen LogP contribution in [-0.4, -0.2) is 24.4 Å². The van der Waals surface area contributed by atoms with E-state index in [2.05, 4.69) is 136 Å². The number of benzene rings is 4. The molecule has 11 unspecified atom stereocenters. The lowest BCUT2D eigenvalue weighted by Crippen LogP contribution is -2.62. The molecule has 4 aromatic carbocycles. The summed E-state index contributed by atoms with van der Waals surface area (Å²) in [7, 11) is 0. The number of rotatable bonds is 5. The van der Waals surface area contributed by atoms with Crippen LogP contribution in [0.15, 0.2) is 115 Å². The molecule has 3 heterocycles. The summed E-state index contributed by atoms with van der Waals surface area (Å²) in [5.74, 6) is 4.11. The summed E-state index contributed by atoms with van der Waals surface area (Å²) in [6.07, 6.45) is 13.0. The highest BCUT2D eigenvalue weighted by Crippen LogP contribution is 2.58. The number of ether oxygens (including phenoxy) is 1. The molecule has 2 saturated heterocycles. The molecule has 10 rings (SSSR count). The van der Waals surface area contributed by atoms with Crippen molar-refractivity contribution >= 4 is 11.4 Å². The Morgan fingerprint density at radius 1 is 0.520 bits per heavy atom. The van der Waals surface area contributed by atoms with E-state index in [0.29, 0.717) is 36.0 Å². The van der Waals surface area contributed by atoms with Crippen LogP contribution in [0.25, 0.3) is 0 Å². The van der Waals surface area contributed by atoms with Gasteiger partial charge in [-0.25, -0.2) is 0 Å². The van der Waals surface area contributed by atoms with Gasteiger partial charge in [-0.15, -0.1) is 0 Å². The fraction of sp³-hybridized carbons (Fsp3) is 0.467. The summed E-state index contributed by atoms with van der Waals surface area (Å²) in [4.78, 5) is 2.75. The van der Waals surface area contributed by atoms with Crippen LogP contribution in [0.2, 0.25) is 0 Å². The van der Waals surface area contributed by atoms with Gasteiger partial charge in [-0.2, -0.15) is 0 Å². The first-order valence-corrected chi connectivity index (χ1v) is 19.8. The maximum atomic E-state index is 7.23. The Morgan fingerprint density at radius 3 is 1.78 bits per heavy atom. The smallest absolute Gasteiger partial charge is 0.0862 e. The van der Waals surface area contributed by atoms with Gasteiger partial charge in [0, 0.05) is 23.3 Å². The number of para-hydroxylation sites is 2. The normalized spacial score (nSPS) is 37.7. The molecule has 0 spiro atoms. The van der Waals surface area contributed by atoms with Crippen LogP contribution in [0.5, 0.6) is 0 Å². The van der Waals surface area contributed by atoms with Crippen molar-refractivity contribution in [2.24, 2.45) is 29.6 Å². The predicted molar refractivity (Wildman–Crippen MR) is 201 cm³/mol. The summed E-state index contributed by atoms with van der Waals surface area (Å²) in [6.45, 7) is 0. The summed E-state index contributed by atoms with van der Waals surface area (Å²) >= 11 is 0. The molecule has 4 aromatic rings. The average Bonchev–Trinajstić information content (AvgIpc) is 3.74. The molecular formula is C45H52N4O. The number of anilines is 2. The van der Waals surface area contributed by atoms with Gasteiger partial charge in [0.1, 0.15) is 0 Å². The molecule has 3 aliphatic carbocycles. The van der Waals surface area contributed by atoms with E-state index in [4.69, 9.17) is 4.74 Å². The Kier molecular flexibility index (Phi) is 8.29. The third-order valence-electron chi connectivity index (χ3n) is 13.9. The van der Waals surface area contributed by atoms with E-state index >= 15 is 0 Å². The van der Waals surface area contributed by atoms with Crippen molar-refractivity contribution in [2.45, 2.75) is 100 Å². The van der Waals surface area contributed by atoms with Crippen LogP contribution >= 0.6 is 0 Å². The standard InChI is InChI=1S/C45H52N4O/c1-4-13-29(14-5-1)43-46-44(30-15-6-2-7-16-30)48-45(47-43)32-24-26-37-36-25-23-31(27-40(36)50-41(37)28-32)34-20-12-21-38-35-19-10-11-22-39(35)49(42(34)38)33-17-8-3-9-18-33/h1-11,13-19,22,31-32,34,36-38,40-48H,12,20-21,23-28H2. The van der Waals surface area contributed by atoms with Gasteiger partial charge in [0.05, 0.1) is 30.7 Å². The van der Waals surface area contributed by atoms with Crippen molar-refractivity contribution in [2.75, 3.05) is 4.90 Å². The van der Waals surface area contributed by atoms with Crippen LogP contribution in [0, 0.1) is 29.6 Å². The maximum Gasteiger partial charge on any atom is 0.0862 e. The van der Waals surface area contributed by atoms with Gasteiger partial charge in [0.2, 0.25) is 0 Å². The average molecular weight is 665 g/mol. The Labute approximate surface area is 298 Å². The van der Waals surface area contributed by atoms with E-state index in [1.165, 1.54) is 73.9 Å². The molecule has 3 aliphatic heterocycles. The van der Waals surface area contributed by atoms with Crippen LogP contribution in [0.4, 0.5) is 11.4 Å². The minimum Gasteiger partial charge on any atom is -0.374 e. The number of hydrogen-bond donors (Lipinski definition) is 3. The van der Waals surface area contributed by atoms with Gasteiger partial charge in [0.15, 0.2) is 0 Å². The Hall–Kier alpha value is -3.48. The number of nitrogens with zero attached hydrogens (tertiary/aromatic N) is 1. The molecule has 50 heavy (non-hydrogen) atoms. The topological polar surface area (TPSA) is 48.6 Å². The second-order valence-electron chi connectivity index (χ2n) is 16.3. The van der Waals surface area contributed by atoms with Crippen molar-refractivity contribution in [1.29, 1.82) is 0 Å². The molecule has 0 radical (unpaired) electrons. The van der Waals surface area contributed by atoms with Crippen molar-refractivity contribution in [3.05, 3.63) is 132 Å². The number of fused-ring (bicyclic) bond motifs is 6. The fourth-order valence-electron chi connectivity index (χ4n) is 11.7. The number of nitrogens with one attached hydrogen (secondary N) is 3. The highest BCUT2D eigenvalue weighted by atomic mass is 16.5. The van der Waals surface area contributed by atoms with Crippen molar-refractivity contribution in [3.8, 4) is 0 Å². The van der Waals surface area contributed by atoms with Crippen LogP contribution < -0.4 is 20.9 Å². The van der Waals surface area contributed by atoms with E-state index in [1.54, 1.807) is 5.56 Å². The van der Waals surface area contributed by atoms with E-state index in [1.807, 2.05) is 0 Å². The van der Waals surface area contributed by atoms with Crippen molar-refractivity contribution in [3.63, 3.8) is 0 Å². The Bertz CT molecular complexity index is 1700.